The molecule has 0 heterocycles. The second-order valence-electron chi connectivity index (χ2n) is 13.7. The fourth-order valence-corrected chi connectivity index (χ4v) is 8.07. The topological polar surface area (TPSA) is 0 Å². The summed E-state index contributed by atoms with van der Waals surface area (Å²) in [5.41, 5.74) is 0. The maximum Gasteiger partial charge on any atom is -0.0352 e. The van der Waals surface area contributed by atoms with Crippen LogP contribution in [0.3, 0.4) is 0 Å². The summed E-state index contributed by atoms with van der Waals surface area (Å²) in [4.78, 5) is 0. The van der Waals surface area contributed by atoms with Crippen LogP contribution in [0.4, 0.5) is 0 Å². The minimum Gasteiger partial charge on any atom is -0.0651 e. The molecule has 0 aromatic carbocycles. The lowest BCUT2D eigenvalue weighted by molar-refractivity contribution is 0.0135. The Morgan fingerprint density at radius 3 is 1.78 bits per heavy atom. The molecule has 0 nitrogen and oxygen atoms in total. The Hall–Kier alpha value is 0. The van der Waals surface area contributed by atoms with Gasteiger partial charge in [-0.3, -0.25) is 0 Å². The van der Waals surface area contributed by atoms with Crippen LogP contribution in [0.15, 0.2) is 0 Å². The summed E-state index contributed by atoms with van der Waals surface area (Å²) >= 11 is 0. The monoisotopic (exact) mass is 446 g/mol. The molecular formula is C32H62. The van der Waals surface area contributed by atoms with E-state index < -0.39 is 0 Å². The molecule has 0 aromatic heterocycles. The van der Waals surface area contributed by atoms with Crippen LogP contribution >= 0.6 is 0 Å². The Labute approximate surface area is 204 Å². The largest absolute Gasteiger partial charge is 0.0651 e. The first-order chi connectivity index (χ1) is 15.1. The van der Waals surface area contributed by atoms with Crippen molar-refractivity contribution < 1.29 is 0 Å². The fourth-order valence-electron chi connectivity index (χ4n) is 8.07. The molecule has 0 radical (unpaired) electrons. The van der Waals surface area contributed by atoms with Crippen molar-refractivity contribution in [2.45, 2.75) is 133 Å². The Kier molecular flexibility index (Phi) is 11.6. The highest BCUT2D eigenvalue weighted by Gasteiger charge is 2.41. The summed E-state index contributed by atoms with van der Waals surface area (Å²) in [5, 5.41) is 0. The first kappa shape index (κ1) is 28.2. The smallest absolute Gasteiger partial charge is 0.0352 e. The molecule has 0 amide bonds. The van der Waals surface area contributed by atoms with Crippen LogP contribution in [0.25, 0.3) is 0 Å². The summed E-state index contributed by atoms with van der Waals surface area (Å²) in [6, 6.07) is 0. The van der Waals surface area contributed by atoms with Crippen LogP contribution < -0.4 is 0 Å². The van der Waals surface area contributed by atoms with E-state index in [1.165, 1.54) is 38.5 Å². The summed E-state index contributed by atoms with van der Waals surface area (Å²) < 4.78 is 0. The third-order valence-corrected chi connectivity index (χ3v) is 10.8. The summed E-state index contributed by atoms with van der Waals surface area (Å²) in [7, 11) is 0. The molecule has 32 heavy (non-hydrogen) atoms. The Balaban J connectivity index is 0.000000242. The average molecular weight is 447 g/mol. The van der Waals surface area contributed by atoms with Crippen molar-refractivity contribution in [2.75, 3.05) is 0 Å². The van der Waals surface area contributed by atoms with Gasteiger partial charge in [-0.15, -0.1) is 0 Å². The molecule has 0 N–H and O–H groups in total. The molecule has 0 spiro atoms. The molecule has 0 saturated heterocycles. The zero-order chi connectivity index (χ0) is 24.0. The predicted octanol–water partition coefficient (Wildman–Crippen LogP) is 10.5. The van der Waals surface area contributed by atoms with Crippen LogP contribution in [0.1, 0.15) is 133 Å². The lowest BCUT2D eigenvalue weighted by Gasteiger charge is -2.48. The number of fused-ring (bicyclic) bond motifs is 1. The molecule has 3 rings (SSSR count). The van der Waals surface area contributed by atoms with E-state index >= 15 is 0 Å². The van der Waals surface area contributed by atoms with Crippen LogP contribution in [0.5, 0.6) is 0 Å². The van der Waals surface area contributed by atoms with Crippen molar-refractivity contribution in [3.05, 3.63) is 0 Å². The summed E-state index contributed by atoms with van der Waals surface area (Å²) in [5.74, 6) is 11.6. The van der Waals surface area contributed by atoms with E-state index in [9.17, 15) is 0 Å². The van der Waals surface area contributed by atoms with E-state index in [2.05, 4.69) is 69.2 Å². The van der Waals surface area contributed by atoms with Crippen LogP contribution in [-0.2, 0) is 0 Å². The summed E-state index contributed by atoms with van der Waals surface area (Å²) in [6.45, 7) is 24.4. The zero-order valence-corrected chi connectivity index (χ0v) is 24.0. The van der Waals surface area contributed by atoms with E-state index in [1.54, 1.807) is 25.7 Å². The molecule has 0 aromatic rings. The molecule has 190 valence electrons. The fraction of sp³-hybridized carbons (Fsp3) is 1.00. The molecule has 0 heteroatoms. The van der Waals surface area contributed by atoms with E-state index in [4.69, 9.17) is 0 Å². The number of hydrogen-bond acceptors (Lipinski definition) is 0. The van der Waals surface area contributed by atoms with Gasteiger partial charge >= 0.3 is 0 Å². The molecule has 9 atom stereocenters. The molecule has 0 bridgehead atoms. The molecular weight excluding hydrogens is 384 g/mol. The van der Waals surface area contributed by atoms with Gasteiger partial charge in [-0.05, 0) is 110 Å². The van der Waals surface area contributed by atoms with Gasteiger partial charge in [0.25, 0.3) is 0 Å². The van der Waals surface area contributed by atoms with Crippen molar-refractivity contribution >= 4 is 0 Å². The van der Waals surface area contributed by atoms with Gasteiger partial charge in [0.15, 0.2) is 0 Å². The van der Waals surface area contributed by atoms with Crippen LogP contribution in [0.2, 0.25) is 0 Å². The lowest BCUT2D eigenvalue weighted by Crippen LogP contribution is -2.40. The van der Waals surface area contributed by atoms with E-state index in [0.717, 1.165) is 71.0 Å². The van der Waals surface area contributed by atoms with Crippen LogP contribution in [-0.4, -0.2) is 0 Å². The van der Waals surface area contributed by atoms with E-state index in [0.29, 0.717) is 0 Å². The summed E-state index contributed by atoms with van der Waals surface area (Å²) in [6.07, 6.45) is 15.0. The highest BCUT2D eigenvalue weighted by Crippen LogP contribution is 2.49. The Morgan fingerprint density at radius 2 is 1.25 bits per heavy atom. The third-order valence-electron chi connectivity index (χ3n) is 10.8. The first-order valence-corrected chi connectivity index (χ1v) is 15.1. The normalized spacial score (nSPS) is 38.9. The maximum absolute atomic E-state index is 2.51. The standard InChI is InChI=1S/C19H38.C13H24/c1-9-17-18(14(6)7)10-16(13(4)5)11-19(17)15(8)12(2)3;1-3-11-5-7-12-6-4-10(2)8-13(12)9-11/h12-19H,9-11H2,1-8H3;10-13H,3-9H2,1-2H3. The number of rotatable bonds is 6. The van der Waals surface area contributed by atoms with E-state index in [1.807, 2.05) is 0 Å². The molecule has 3 aliphatic carbocycles. The van der Waals surface area contributed by atoms with Crippen molar-refractivity contribution in [2.24, 2.45) is 71.0 Å². The van der Waals surface area contributed by atoms with Gasteiger partial charge in [-0.2, -0.15) is 0 Å². The third kappa shape index (κ3) is 7.50. The van der Waals surface area contributed by atoms with Gasteiger partial charge in [-0.25, -0.2) is 0 Å². The van der Waals surface area contributed by atoms with Gasteiger partial charge in [0.2, 0.25) is 0 Å². The maximum atomic E-state index is 2.51. The minimum atomic E-state index is 0.831. The van der Waals surface area contributed by atoms with Crippen molar-refractivity contribution in [1.82, 2.24) is 0 Å². The van der Waals surface area contributed by atoms with Gasteiger partial charge < -0.3 is 0 Å². The quantitative estimate of drug-likeness (QED) is 0.380. The average Bonchev–Trinajstić information content (AvgIpc) is 2.77. The van der Waals surface area contributed by atoms with Crippen LogP contribution in [0, 0.1) is 71.0 Å². The molecule has 9 unspecified atom stereocenters. The first-order valence-electron chi connectivity index (χ1n) is 15.1. The Bertz CT molecular complexity index is 502. The minimum absolute atomic E-state index is 0.831. The van der Waals surface area contributed by atoms with Crippen molar-refractivity contribution in [1.29, 1.82) is 0 Å². The molecule has 3 saturated carbocycles. The SMILES string of the molecule is CCC1C(C(C)C)CC(C(C)C)CC1C(C)C(C)C.CCC1CCC2CCC(C)CC2C1. The van der Waals surface area contributed by atoms with Gasteiger partial charge in [0.05, 0.1) is 0 Å². The van der Waals surface area contributed by atoms with Gasteiger partial charge in [0.1, 0.15) is 0 Å². The van der Waals surface area contributed by atoms with E-state index in [-0.39, 0.29) is 0 Å². The Morgan fingerprint density at radius 1 is 0.625 bits per heavy atom. The highest BCUT2D eigenvalue weighted by molar-refractivity contribution is 4.90. The predicted molar refractivity (Wildman–Crippen MR) is 145 cm³/mol. The second kappa shape index (κ2) is 13.2. The van der Waals surface area contributed by atoms with Gasteiger partial charge in [-0.1, -0.05) is 94.9 Å². The van der Waals surface area contributed by atoms with Crippen molar-refractivity contribution in [3.63, 3.8) is 0 Å². The number of hydrogen-bond donors (Lipinski definition) is 0. The molecule has 3 aliphatic rings. The molecule has 0 aliphatic heterocycles. The van der Waals surface area contributed by atoms with Gasteiger partial charge in [0, 0.05) is 0 Å². The van der Waals surface area contributed by atoms with Crippen molar-refractivity contribution in [3.8, 4) is 0 Å². The second-order valence-corrected chi connectivity index (χ2v) is 13.7. The molecule has 3 fully saturated rings. The zero-order valence-electron chi connectivity index (χ0n) is 24.0. The lowest BCUT2D eigenvalue weighted by atomic mass is 9.57. The highest BCUT2D eigenvalue weighted by atomic mass is 14.5.